The number of hydrogen-bond acceptors (Lipinski definition) is 4. The second-order valence-electron chi connectivity index (χ2n) is 6.43. The van der Waals surface area contributed by atoms with Crippen molar-refractivity contribution in [2.24, 2.45) is 17.6 Å². The van der Waals surface area contributed by atoms with Gasteiger partial charge >= 0.3 is 0 Å². The Kier molecular flexibility index (Phi) is 3.98. The van der Waals surface area contributed by atoms with Crippen LogP contribution in [-0.2, 0) is 10.0 Å². The lowest BCUT2D eigenvalue weighted by molar-refractivity contribution is 0.260. The number of nitrogens with two attached hydrogens (primary N) is 1. The summed E-state index contributed by atoms with van der Waals surface area (Å²) in [5.41, 5.74) is 7.23. The van der Waals surface area contributed by atoms with E-state index in [1.54, 1.807) is 23.4 Å². The molecule has 22 heavy (non-hydrogen) atoms. The van der Waals surface area contributed by atoms with E-state index in [2.05, 4.69) is 0 Å². The summed E-state index contributed by atoms with van der Waals surface area (Å²) in [6.45, 7) is 2.82. The SMILES string of the molecule is Cc1ccc(C#N)cc1S(=O)(=O)N1CC2CCCC(N)C2C1. The maximum atomic E-state index is 12.9. The molecule has 0 aromatic heterocycles. The van der Waals surface area contributed by atoms with Crippen LogP contribution in [0.25, 0.3) is 0 Å². The molecule has 1 aromatic rings. The van der Waals surface area contributed by atoms with E-state index in [0.717, 1.165) is 19.3 Å². The van der Waals surface area contributed by atoms with Gasteiger partial charge in [-0.25, -0.2) is 8.42 Å². The molecule has 1 heterocycles. The average molecular weight is 319 g/mol. The van der Waals surface area contributed by atoms with Gasteiger partial charge in [-0.1, -0.05) is 12.5 Å². The van der Waals surface area contributed by atoms with E-state index in [1.807, 2.05) is 6.07 Å². The Hall–Kier alpha value is -1.42. The number of sulfonamides is 1. The lowest BCUT2D eigenvalue weighted by Crippen LogP contribution is -2.38. The van der Waals surface area contributed by atoms with Gasteiger partial charge in [0.2, 0.25) is 10.0 Å². The van der Waals surface area contributed by atoms with Crippen LogP contribution in [0.15, 0.2) is 23.1 Å². The van der Waals surface area contributed by atoms with E-state index in [-0.39, 0.29) is 16.9 Å². The molecule has 118 valence electrons. The number of aryl methyl sites for hydroxylation is 1. The van der Waals surface area contributed by atoms with Crippen LogP contribution in [0.2, 0.25) is 0 Å². The van der Waals surface area contributed by atoms with Gasteiger partial charge in [0.15, 0.2) is 0 Å². The number of nitrogens with zero attached hydrogens (tertiary/aromatic N) is 2. The van der Waals surface area contributed by atoms with Gasteiger partial charge in [-0.15, -0.1) is 0 Å². The first-order valence-corrected chi connectivity index (χ1v) is 9.14. The van der Waals surface area contributed by atoms with Crippen molar-refractivity contribution in [1.82, 2.24) is 4.31 Å². The number of nitriles is 1. The largest absolute Gasteiger partial charge is 0.327 e. The molecule has 1 aromatic carbocycles. The maximum Gasteiger partial charge on any atom is 0.243 e. The van der Waals surface area contributed by atoms with Gasteiger partial charge in [-0.05, 0) is 49.3 Å². The van der Waals surface area contributed by atoms with Crippen molar-refractivity contribution < 1.29 is 8.42 Å². The van der Waals surface area contributed by atoms with Crippen molar-refractivity contribution >= 4 is 10.0 Å². The van der Waals surface area contributed by atoms with Crippen LogP contribution in [0.3, 0.4) is 0 Å². The Bertz CT molecular complexity index is 723. The molecule has 3 atom stereocenters. The third-order valence-corrected chi connectivity index (χ3v) is 7.03. The predicted molar refractivity (Wildman–Crippen MR) is 83.5 cm³/mol. The molecule has 2 N–H and O–H groups in total. The van der Waals surface area contributed by atoms with E-state index in [9.17, 15) is 8.42 Å². The van der Waals surface area contributed by atoms with Crippen molar-refractivity contribution in [1.29, 1.82) is 5.26 Å². The van der Waals surface area contributed by atoms with E-state index < -0.39 is 10.0 Å². The molecule has 1 aliphatic heterocycles. The molecule has 1 saturated heterocycles. The zero-order valence-corrected chi connectivity index (χ0v) is 13.5. The van der Waals surface area contributed by atoms with Crippen molar-refractivity contribution in [3.63, 3.8) is 0 Å². The summed E-state index contributed by atoms with van der Waals surface area (Å²) < 4.78 is 27.5. The van der Waals surface area contributed by atoms with Crippen molar-refractivity contribution in [2.45, 2.75) is 37.1 Å². The Morgan fingerprint density at radius 2 is 2.09 bits per heavy atom. The quantitative estimate of drug-likeness (QED) is 0.897. The Morgan fingerprint density at radius 3 is 2.77 bits per heavy atom. The summed E-state index contributed by atoms with van der Waals surface area (Å²) in [5.74, 6) is 0.640. The molecule has 0 bridgehead atoms. The molecule has 0 radical (unpaired) electrons. The molecule has 3 rings (SSSR count). The third-order valence-electron chi connectivity index (χ3n) is 5.06. The first kappa shape index (κ1) is 15.5. The Balaban J connectivity index is 1.93. The molecule has 2 fully saturated rings. The summed E-state index contributed by atoms with van der Waals surface area (Å²) in [6, 6.07) is 6.93. The van der Waals surface area contributed by atoms with Gasteiger partial charge in [0, 0.05) is 19.1 Å². The minimum atomic E-state index is -3.56. The van der Waals surface area contributed by atoms with Gasteiger partial charge in [0.05, 0.1) is 16.5 Å². The molecule has 0 spiro atoms. The standard InChI is InChI=1S/C16H21N3O2S/c1-11-5-6-12(8-17)7-16(11)22(20,21)19-9-13-3-2-4-15(18)14(13)10-19/h5-7,13-15H,2-4,9-10,18H2,1H3. The Labute approximate surface area is 131 Å². The van der Waals surface area contributed by atoms with E-state index in [4.69, 9.17) is 11.0 Å². The zero-order valence-electron chi connectivity index (χ0n) is 12.7. The third kappa shape index (κ3) is 2.54. The summed E-state index contributed by atoms with van der Waals surface area (Å²) in [7, 11) is -3.56. The lowest BCUT2D eigenvalue weighted by Gasteiger charge is -2.29. The average Bonchev–Trinajstić information content (AvgIpc) is 2.94. The van der Waals surface area contributed by atoms with Gasteiger partial charge < -0.3 is 5.73 Å². The van der Waals surface area contributed by atoms with Crippen LogP contribution in [0.5, 0.6) is 0 Å². The first-order chi connectivity index (χ1) is 10.4. The summed E-state index contributed by atoms with van der Waals surface area (Å²) in [4.78, 5) is 0.249. The fourth-order valence-corrected chi connectivity index (χ4v) is 5.54. The van der Waals surface area contributed by atoms with Gasteiger partial charge in [-0.3, -0.25) is 0 Å². The monoisotopic (exact) mass is 319 g/mol. The number of rotatable bonds is 2. The van der Waals surface area contributed by atoms with Crippen molar-refractivity contribution in [3.8, 4) is 6.07 Å². The molecule has 1 aliphatic carbocycles. The van der Waals surface area contributed by atoms with Crippen molar-refractivity contribution in [2.75, 3.05) is 13.1 Å². The molecule has 5 nitrogen and oxygen atoms in total. The van der Waals surface area contributed by atoms with Crippen LogP contribution < -0.4 is 5.73 Å². The highest BCUT2D eigenvalue weighted by atomic mass is 32.2. The molecule has 2 aliphatic rings. The molecule has 3 unspecified atom stereocenters. The molecule has 0 amide bonds. The van der Waals surface area contributed by atoms with Crippen LogP contribution >= 0.6 is 0 Å². The lowest BCUT2D eigenvalue weighted by atomic mass is 9.78. The minimum absolute atomic E-state index is 0.102. The summed E-state index contributed by atoms with van der Waals surface area (Å²) >= 11 is 0. The first-order valence-electron chi connectivity index (χ1n) is 7.70. The van der Waals surface area contributed by atoms with Gasteiger partial charge in [0.25, 0.3) is 0 Å². The molecule has 6 heteroatoms. The number of fused-ring (bicyclic) bond motifs is 1. The number of hydrogen-bond donors (Lipinski definition) is 1. The fourth-order valence-electron chi connectivity index (χ4n) is 3.76. The van der Waals surface area contributed by atoms with Crippen LogP contribution in [0.4, 0.5) is 0 Å². The zero-order chi connectivity index (χ0) is 15.9. The fraction of sp³-hybridized carbons (Fsp3) is 0.562. The predicted octanol–water partition coefficient (Wildman–Crippen LogP) is 1.61. The second-order valence-corrected chi connectivity index (χ2v) is 8.34. The van der Waals surface area contributed by atoms with E-state index in [1.165, 1.54) is 6.07 Å². The van der Waals surface area contributed by atoms with Crippen molar-refractivity contribution in [3.05, 3.63) is 29.3 Å². The topological polar surface area (TPSA) is 87.2 Å². The summed E-state index contributed by atoms with van der Waals surface area (Å²) in [5, 5.41) is 9.01. The second kappa shape index (κ2) is 5.65. The molecular formula is C16H21N3O2S. The highest BCUT2D eigenvalue weighted by molar-refractivity contribution is 7.89. The minimum Gasteiger partial charge on any atom is -0.327 e. The van der Waals surface area contributed by atoms with E-state index >= 15 is 0 Å². The molecule has 1 saturated carbocycles. The van der Waals surface area contributed by atoms with Gasteiger partial charge in [-0.2, -0.15) is 9.57 Å². The van der Waals surface area contributed by atoms with E-state index in [0.29, 0.717) is 30.1 Å². The number of benzene rings is 1. The molecular weight excluding hydrogens is 298 g/mol. The smallest absolute Gasteiger partial charge is 0.243 e. The Morgan fingerprint density at radius 1 is 1.32 bits per heavy atom. The summed E-state index contributed by atoms with van der Waals surface area (Å²) in [6.07, 6.45) is 3.12. The van der Waals surface area contributed by atoms with Crippen LogP contribution in [-0.4, -0.2) is 31.9 Å². The van der Waals surface area contributed by atoms with Crippen LogP contribution in [0.1, 0.15) is 30.4 Å². The normalized spacial score (nSPS) is 29.0. The maximum absolute atomic E-state index is 12.9. The highest BCUT2D eigenvalue weighted by Gasteiger charge is 2.43. The van der Waals surface area contributed by atoms with Gasteiger partial charge in [0.1, 0.15) is 0 Å². The van der Waals surface area contributed by atoms with Crippen LogP contribution in [0, 0.1) is 30.1 Å². The highest BCUT2D eigenvalue weighted by Crippen LogP contribution is 2.38.